The number of carbonyl (C=O) groups excluding carboxylic acids is 1. The summed E-state index contributed by atoms with van der Waals surface area (Å²) < 4.78 is 0. The molecule has 100 valence electrons. The average molecular weight is 271 g/mol. The van der Waals surface area contributed by atoms with Gasteiger partial charge in [0, 0.05) is 26.2 Å². The molecule has 0 saturated carbocycles. The van der Waals surface area contributed by atoms with Crippen molar-refractivity contribution in [1.82, 2.24) is 5.32 Å². The number of hydrogen-bond acceptors (Lipinski definition) is 3. The summed E-state index contributed by atoms with van der Waals surface area (Å²) in [5.41, 5.74) is 1.53. The lowest BCUT2D eigenvalue weighted by atomic mass is 10.1. The Morgan fingerprint density at radius 2 is 2.22 bits per heavy atom. The van der Waals surface area contributed by atoms with Gasteiger partial charge in [0.05, 0.1) is 23.2 Å². The lowest BCUT2D eigenvalue weighted by molar-refractivity contribution is -0.123. The van der Waals surface area contributed by atoms with Crippen LogP contribution in [0.2, 0.25) is 5.02 Å². The molecule has 0 spiro atoms. The van der Waals surface area contributed by atoms with Gasteiger partial charge in [-0.05, 0) is 6.07 Å². The Bertz CT molecular complexity index is 423. The number of para-hydroxylation sites is 1. The number of carbonyl (C=O) groups is 1. The molecule has 2 N–H and O–H groups in total. The van der Waals surface area contributed by atoms with Gasteiger partial charge in [0.1, 0.15) is 0 Å². The first-order valence-electron chi connectivity index (χ1n) is 5.82. The van der Waals surface area contributed by atoms with E-state index in [1.54, 1.807) is 19.2 Å². The summed E-state index contributed by atoms with van der Waals surface area (Å²) in [6, 6.07) is 5.40. The van der Waals surface area contributed by atoms with E-state index in [9.17, 15) is 9.90 Å². The topological polar surface area (TPSA) is 52.6 Å². The van der Waals surface area contributed by atoms with E-state index in [0.29, 0.717) is 11.6 Å². The van der Waals surface area contributed by atoms with E-state index in [2.05, 4.69) is 5.32 Å². The van der Waals surface area contributed by atoms with Crippen molar-refractivity contribution >= 4 is 23.2 Å². The monoisotopic (exact) mass is 270 g/mol. The fraction of sp³-hybridized carbons (Fsp3) is 0.462. The molecule has 0 bridgehead atoms. The number of benzene rings is 1. The normalized spacial score (nSPS) is 12.1. The van der Waals surface area contributed by atoms with Crippen LogP contribution >= 0.6 is 11.6 Å². The van der Waals surface area contributed by atoms with Gasteiger partial charge in [-0.25, -0.2) is 0 Å². The standard InChI is InChI=1S/C13H19ClN2O2/c1-9(13(18)15-2)7-16(3)12-10(8-17)5-4-6-11(12)14/h4-6,9,17H,7-8H2,1-3H3,(H,15,18). The molecule has 1 atom stereocenters. The van der Waals surface area contributed by atoms with Gasteiger partial charge < -0.3 is 15.3 Å². The van der Waals surface area contributed by atoms with Crippen molar-refractivity contribution in [2.45, 2.75) is 13.5 Å². The molecular formula is C13H19ClN2O2. The molecule has 0 aliphatic rings. The highest BCUT2D eigenvalue weighted by Crippen LogP contribution is 2.29. The quantitative estimate of drug-likeness (QED) is 0.855. The van der Waals surface area contributed by atoms with Gasteiger partial charge in [-0.1, -0.05) is 30.7 Å². The largest absolute Gasteiger partial charge is 0.392 e. The van der Waals surface area contributed by atoms with Gasteiger partial charge in [0.2, 0.25) is 5.91 Å². The first-order valence-corrected chi connectivity index (χ1v) is 6.20. The Hall–Kier alpha value is -1.26. The first kappa shape index (κ1) is 14.8. The molecule has 1 rings (SSSR count). The Morgan fingerprint density at radius 3 is 2.78 bits per heavy atom. The molecule has 0 aliphatic carbocycles. The maximum atomic E-state index is 11.5. The van der Waals surface area contributed by atoms with E-state index < -0.39 is 0 Å². The number of rotatable bonds is 5. The first-order chi connectivity index (χ1) is 8.51. The van der Waals surface area contributed by atoms with E-state index in [0.717, 1.165) is 11.3 Å². The minimum absolute atomic E-state index is 0.0144. The molecule has 4 nitrogen and oxygen atoms in total. The highest BCUT2D eigenvalue weighted by atomic mass is 35.5. The van der Waals surface area contributed by atoms with E-state index >= 15 is 0 Å². The smallest absolute Gasteiger partial charge is 0.224 e. The van der Waals surface area contributed by atoms with Crippen LogP contribution in [0, 0.1) is 5.92 Å². The van der Waals surface area contributed by atoms with Gasteiger partial charge >= 0.3 is 0 Å². The summed E-state index contributed by atoms with van der Waals surface area (Å²) >= 11 is 6.15. The van der Waals surface area contributed by atoms with Crippen LogP contribution in [0.1, 0.15) is 12.5 Å². The lowest BCUT2D eigenvalue weighted by Crippen LogP contribution is -2.34. The molecule has 0 heterocycles. The summed E-state index contributed by atoms with van der Waals surface area (Å²) in [4.78, 5) is 13.4. The third-order valence-corrected chi connectivity index (χ3v) is 3.17. The maximum Gasteiger partial charge on any atom is 0.224 e. The van der Waals surface area contributed by atoms with Gasteiger partial charge in [-0.3, -0.25) is 4.79 Å². The molecular weight excluding hydrogens is 252 g/mol. The van der Waals surface area contributed by atoms with Crippen molar-refractivity contribution in [3.63, 3.8) is 0 Å². The summed E-state index contributed by atoms with van der Waals surface area (Å²) in [7, 11) is 3.48. The average Bonchev–Trinajstić information content (AvgIpc) is 2.36. The molecule has 1 aromatic rings. The predicted molar refractivity (Wildman–Crippen MR) is 73.9 cm³/mol. The van der Waals surface area contributed by atoms with Gasteiger partial charge in [-0.15, -0.1) is 0 Å². The Balaban J connectivity index is 2.90. The fourth-order valence-corrected chi connectivity index (χ4v) is 2.28. The zero-order valence-corrected chi connectivity index (χ0v) is 11.7. The zero-order chi connectivity index (χ0) is 13.7. The summed E-state index contributed by atoms with van der Waals surface area (Å²) in [6.07, 6.45) is 0. The van der Waals surface area contributed by atoms with Crippen LogP contribution in [0.25, 0.3) is 0 Å². The highest BCUT2D eigenvalue weighted by Gasteiger charge is 2.17. The molecule has 0 aliphatic heterocycles. The van der Waals surface area contributed by atoms with Gasteiger partial charge in [-0.2, -0.15) is 0 Å². The number of nitrogens with zero attached hydrogens (tertiary/aromatic N) is 1. The molecule has 0 saturated heterocycles. The number of halogens is 1. The van der Waals surface area contributed by atoms with E-state index in [4.69, 9.17) is 11.6 Å². The number of amides is 1. The SMILES string of the molecule is CNC(=O)C(C)CN(C)c1c(Cl)cccc1CO. The Kier molecular flexibility index (Phi) is 5.44. The molecule has 18 heavy (non-hydrogen) atoms. The number of hydrogen-bond donors (Lipinski definition) is 2. The molecule has 1 unspecified atom stereocenters. The van der Waals surface area contributed by atoms with Crippen molar-refractivity contribution in [3.8, 4) is 0 Å². The van der Waals surface area contributed by atoms with Gasteiger partial charge in [0.25, 0.3) is 0 Å². The third-order valence-electron chi connectivity index (χ3n) is 2.86. The second-order valence-corrected chi connectivity index (χ2v) is 4.71. The van der Waals surface area contributed by atoms with Crippen LogP contribution in [-0.4, -0.2) is 31.7 Å². The van der Waals surface area contributed by atoms with Crippen molar-refractivity contribution in [2.24, 2.45) is 5.92 Å². The second-order valence-electron chi connectivity index (χ2n) is 4.30. The summed E-state index contributed by atoms with van der Waals surface area (Å²) in [6.45, 7) is 2.32. The molecule has 5 heteroatoms. The molecule has 1 amide bonds. The van der Waals surface area contributed by atoms with Crippen LogP contribution in [0.3, 0.4) is 0 Å². The fourth-order valence-electron chi connectivity index (χ4n) is 1.95. The zero-order valence-electron chi connectivity index (χ0n) is 10.9. The van der Waals surface area contributed by atoms with Crippen LogP contribution in [-0.2, 0) is 11.4 Å². The number of nitrogens with one attached hydrogen (secondary N) is 1. The van der Waals surface area contributed by atoms with Crippen LogP contribution in [0.5, 0.6) is 0 Å². The molecule has 1 aromatic carbocycles. The van der Waals surface area contributed by atoms with E-state index in [1.807, 2.05) is 24.9 Å². The van der Waals surface area contributed by atoms with Crippen molar-refractivity contribution in [3.05, 3.63) is 28.8 Å². The predicted octanol–water partition coefficient (Wildman–Crippen LogP) is 1.65. The number of aliphatic hydroxyl groups excluding tert-OH is 1. The van der Waals surface area contributed by atoms with E-state index in [1.165, 1.54) is 0 Å². The van der Waals surface area contributed by atoms with Gasteiger partial charge in [0.15, 0.2) is 0 Å². The Morgan fingerprint density at radius 1 is 1.56 bits per heavy atom. The Labute approximate surface area is 113 Å². The third kappa shape index (κ3) is 3.37. The van der Waals surface area contributed by atoms with Crippen molar-refractivity contribution in [2.75, 3.05) is 25.5 Å². The minimum Gasteiger partial charge on any atom is -0.392 e. The maximum absolute atomic E-state index is 11.5. The van der Waals surface area contributed by atoms with E-state index in [-0.39, 0.29) is 18.4 Å². The molecule has 0 radical (unpaired) electrons. The van der Waals surface area contributed by atoms with Crippen LogP contribution < -0.4 is 10.2 Å². The number of aliphatic hydroxyl groups is 1. The van der Waals surface area contributed by atoms with Crippen molar-refractivity contribution < 1.29 is 9.90 Å². The molecule has 0 fully saturated rings. The molecule has 0 aromatic heterocycles. The lowest BCUT2D eigenvalue weighted by Gasteiger charge is -2.25. The summed E-state index contributed by atoms with van der Waals surface area (Å²) in [5, 5.41) is 12.5. The van der Waals surface area contributed by atoms with Crippen LogP contribution in [0.15, 0.2) is 18.2 Å². The number of anilines is 1. The minimum atomic E-state index is -0.150. The second kappa shape index (κ2) is 6.61. The summed E-state index contributed by atoms with van der Waals surface area (Å²) in [5.74, 6) is -0.165. The van der Waals surface area contributed by atoms with Crippen LogP contribution in [0.4, 0.5) is 5.69 Å². The van der Waals surface area contributed by atoms with Crippen molar-refractivity contribution in [1.29, 1.82) is 0 Å². The highest BCUT2D eigenvalue weighted by molar-refractivity contribution is 6.33.